The standard InChI is InChI=1S/C15H25N3OS/c1-5-9-6-7-10-11(8-9)20-14(17-10)18-13(19)12(16)15(2,3)4/h9,12H,5-8,16H2,1-4H3,(H,17,18,19)/t9?,12-/m1/s1. The lowest BCUT2D eigenvalue weighted by Gasteiger charge is -2.25. The van der Waals surface area contributed by atoms with E-state index in [4.69, 9.17) is 5.73 Å². The van der Waals surface area contributed by atoms with Gasteiger partial charge in [0.15, 0.2) is 5.13 Å². The first-order valence-electron chi connectivity index (χ1n) is 7.36. The van der Waals surface area contributed by atoms with E-state index in [0.717, 1.165) is 18.8 Å². The van der Waals surface area contributed by atoms with E-state index in [1.807, 2.05) is 20.8 Å². The van der Waals surface area contributed by atoms with Crippen molar-refractivity contribution in [3.8, 4) is 0 Å². The van der Waals surface area contributed by atoms with Crippen LogP contribution in [0.1, 0.15) is 51.1 Å². The third kappa shape index (κ3) is 3.38. The molecule has 1 aliphatic carbocycles. The largest absolute Gasteiger partial charge is 0.319 e. The SMILES string of the molecule is CCC1CCc2nc(NC(=O)[C@@H](N)C(C)(C)C)sc2C1. The van der Waals surface area contributed by atoms with Crippen LogP contribution in [0, 0.1) is 11.3 Å². The lowest BCUT2D eigenvalue weighted by Crippen LogP contribution is -2.45. The quantitative estimate of drug-likeness (QED) is 0.901. The van der Waals surface area contributed by atoms with Crippen molar-refractivity contribution in [1.29, 1.82) is 0 Å². The second-order valence-electron chi connectivity index (χ2n) is 6.74. The van der Waals surface area contributed by atoms with Gasteiger partial charge in [-0.05, 0) is 30.6 Å². The number of fused-ring (bicyclic) bond motifs is 1. The van der Waals surface area contributed by atoms with E-state index in [1.54, 1.807) is 11.3 Å². The number of nitrogens with two attached hydrogens (primary N) is 1. The second-order valence-corrected chi connectivity index (χ2v) is 7.82. The van der Waals surface area contributed by atoms with Gasteiger partial charge in [-0.3, -0.25) is 4.79 Å². The molecule has 0 radical (unpaired) electrons. The van der Waals surface area contributed by atoms with Gasteiger partial charge >= 0.3 is 0 Å². The first kappa shape index (κ1) is 15.4. The summed E-state index contributed by atoms with van der Waals surface area (Å²) in [6, 6.07) is -0.521. The normalized spacial score (nSPS) is 20.4. The number of hydrogen-bond acceptors (Lipinski definition) is 4. The number of nitrogens with one attached hydrogen (secondary N) is 1. The van der Waals surface area contributed by atoms with Gasteiger partial charge in [-0.25, -0.2) is 4.98 Å². The first-order valence-corrected chi connectivity index (χ1v) is 8.18. The fraction of sp³-hybridized carbons (Fsp3) is 0.733. The van der Waals surface area contributed by atoms with Crippen molar-refractivity contribution in [1.82, 2.24) is 4.98 Å². The fourth-order valence-corrected chi connectivity index (χ4v) is 3.55. The molecule has 1 aromatic heterocycles. The average Bonchev–Trinajstić information content (AvgIpc) is 2.77. The Bertz CT molecular complexity index is 490. The number of carbonyl (C=O) groups is 1. The van der Waals surface area contributed by atoms with Crippen LogP contribution in [0.25, 0.3) is 0 Å². The van der Waals surface area contributed by atoms with Crippen molar-refractivity contribution in [2.45, 2.75) is 59.4 Å². The van der Waals surface area contributed by atoms with Gasteiger partial charge in [0.25, 0.3) is 0 Å². The Labute approximate surface area is 125 Å². The van der Waals surface area contributed by atoms with Crippen LogP contribution < -0.4 is 11.1 Å². The van der Waals surface area contributed by atoms with E-state index < -0.39 is 6.04 Å². The smallest absolute Gasteiger partial charge is 0.243 e. The second kappa shape index (κ2) is 5.82. The fourth-order valence-electron chi connectivity index (χ4n) is 2.42. The van der Waals surface area contributed by atoms with E-state index in [0.29, 0.717) is 5.13 Å². The summed E-state index contributed by atoms with van der Waals surface area (Å²) in [6.45, 7) is 8.14. The van der Waals surface area contributed by atoms with Gasteiger partial charge in [0.1, 0.15) is 0 Å². The molecule has 1 unspecified atom stereocenters. The number of anilines is 1. The summed E-state index contributed by atoms with van der Waals surface area (Å²) in [4.78, 5) is 18.0. The zero-order valence-electron chi connectivity index (χ0n) is 12.8. The van der Waals surface area contributed by atoms with Crippen LogP contribution in [0.15, 0.2) is 0 Å². The maximum atomic E-state index is 12.1. The van der Waals surface area contributed by atoms with Crippen LogP contribution in [0.2, 0.25) is 0 Å². The van der Waals surface area contributed by atoms with Gasteiger partial charge in [0.2, 0.25) is 5.91 Å². The molecule has 1 aliphatic rings. The summed E-state index contributed by atoms with van der Waals surface area (Å²) in [5.74, 6) is 0.624. The molecular formula is C15H25N3OS. The summed E-state index contributed by atoms with van der Waals surface area (Å²) in [5, 5.41) is 3.59. The Morgan fingerprint density at radius 2 is 2.25 bits per heavy atom. The average molecular weight is 295 g/mol. The summed E-state index contributed by atoms with van der Waals surface area (Å²) >= 11 is 1.61. The van der Waals surface area contributed by atoms with E-state index in [2.05, 4.69) is 17.2 Å². The Morgan fingerprint density at radius 3 is 2.85 bits per heavy atom. The molecule has 1 amide bonds. The summed E-state index contributed by atoms with van der Waals surface area (Å²) in [5.41, 5.74) is 6.90. The molecule has 2 atom stereocenters. The van der Waals surface area contributed by atoms with Crippen molar-refractivity contribution in [2.75, 3.05) is 5.32 Å². The molecule has 0 spiro atoms. The lowest BCUT2D eigenvalue weighted by molar-refractivity contribution is -0.119. The summed E-state index contributed by atoms with van der Waals surface area (Å²) in [6.07, 6.45) is 4.56. The predicted octanol–water partition coefficient (Wildman–Crippen LogP) is 2.97. The molecule has 4 nitrogen and oxygen atoms in total. The molecule has 0 fully saturated rings. The zero-order valence-corrected chi connectivity index (χ0v) is 13.6. The number of nitrogens with zero attached hydrogens (tertiary/aromatic N) is 1. The number of rotatable bonds is 3. The monoisotopic (exact) mass is 295 g/mol. The Balaban J connectivity index is 2.05. The minimum atomic E-state index is -0.521. The molecule has 20 heavy (non-hydrogen) atoms. The number of hydrogen-bond donors (Lipinski definition) is 2. The molecule has 1 aromatic rings. The molecule has 3 N–H and O–H groups in total. The highest BCUT2D eigenvalue weighted by atomic mass is 32.1. The van der Waals surface area contributed by atoms with Crippen LogP contribution in [0.5, 0.6) is 0 Å². The van der Waals surface area contributed by atoms with Crippen molar-refractivity contribution in [2.24, 2.45) is 17.1 Å². The molecule has 0 aliphatic heterocycles. The van der Waals surface area contributed by atoms with Gasteiger partial charge in [0, 0.05) is 4.88 Å². The highest BCUT2D eigenvalue weighted by molar-refractivity contribution is 7.15. The highest BCUT2D eigenvalue weighted by Gasteiger charge is 2.29. The van der Waals surface area contributed by atoms with E-state index in [-0.39, 0.29) is 11.3 Å². The third-order valence-electron chi connectivity index (χ3n) is 4.06. The zero-order chi connectivity index (χ0) is 14.9. The number of carbonyl (C=O) groups excluding carboxylic acids is 1. The van der Waals surface area contributed by atoms with Gasteiger partial charge < -0.3 is 11.1 Å². The van der Waals surface area contributed by atoms with Crippen molar-refractivity contribution >= 4 is 22.4 Å². The van der Waals surface area contributed by atoms with Gasteiger partial charge in [-0.2, -0.15) is 0 Å². The number of aryl methyl sites for hydroxylation is 1. The van der Waals surface area contributed by atoms with Crippen LogP contribution in [0.4, 0.5) is 5.13 Å². The third-order valence-corrected chi connectivity index (χ3v) is 5.10. The van der Waals surface area contributed by atoms with E-state index in [1.165, 1.54) is 23.4 Å². The number of aromatic nitrogens is 1. The number of thiazole rings is 1. The Morgan fingerprint density at radius 1 is 1.55 bits per heavy atom. The maximum Gasteiger partial charge on any atom is 0.243 e. The molecule has 0 bridgehead atoms. The Kier molecular flexibility index (Phi) is 4.49. The maximum absolute atomic E-state index is 12.1. The lowest BCUT2D eigenvalue weighted by atomic mass is 9.87. The molecule has 112 valence electrons. The molecule has 1 heterocycles. The van der Waals surface area contributed by atoms with E-state index >= 15 is 0 Å². The minimum Gasteiger partial charge on any atom is -0.319 e. The van der Waals surface area contributed by atoms with Gasteiger partial charge in [0.05, 0.1) is 11.7 Å². The Hall–Kier alpha value is -0.940. The molecular weight excluding hydrogens is 270 g/mol. The van der Waals surface area contributed by atoms with Crippen molar-refractivity contribution in [3.63, 3.8) is 0 Å². The summed E-state index contributed by atoms with van der Waals surface area (Å²) in [7, 11) is 0. The minimum absolute atomic E-state index is 0.143. The molecule has 5 heteroatoms. The van der Waals surface area contributed by atoms with Crippen LogP contribution >= 0.6 is 11.3 Å². The first-order chi connectivity index (χ1) is 9.31. The predicted molar refractivity (Wildman–Crippen MR) is 84.0 cm³/mol. The van der Waals surface area contributed by atoms with Gasteiger partial charge in [-0.1, -0.05) is 34.1 Å². The van der Waals surface area contributed by atoms with Crippen molar-refractivity contribution in [3.05, 3.63) is 10.6 Å². The van der Waals surface area contributed by atoms with Crippen LogP contribution in [-0.2, 0) is 17.6 Å². The number of amides is 1. The molecule has 0 saturated carbocycles. The van der Waals surface area contributed by atoms with Crippen LogP contribution in [-0.4, -0.2) is 16.9 Å². The molecule has 2 rings (SSSR count). The highest BCUT2D eigenvalue weighted by Crippen LogP contribution is 2.33. The summed E-state index contributed by atoms with van der Waals surface area (Å²) < 4.78 is 0. The topological polar surface area (TPSA) is 68.0 Å². The van der Waals surface area contributed by atoms with Crippen molar-refractivity contribution < 1.29 is 4.79 Å². The molecule has 0 saturated heterocycles. The van der Waals surface area contributed by atoms with Gasteiger partial charge in [-0.15, -0.1) is 11.3 Å². The van der Waals surface area contributed by atoms with E-state index in [9.17, 15) is 4.79 Å². The van der Waals surface area contributed by atoms with Crippen LogP contribution in [0.3, 0.4) is 0 Å². The molecule has 0 aromatic carbocycles.